The average molecular weight is 343 g/mol. The topological polar surface area (TPSA) is 61.4 Å². The van der Waals surface area contributed by atoms with E-state index in [0.29, 0.717) is 12.3 Å². The monoisotopic (exact) mass is 343 g/mol. The number of likely N-dealkylation sites (N-methyl/N-ethyl adjacent to an activating group) is 1. The highest BCUT2D eigenvalue weighted by atomic mass is 16.1. The van der Waals surface area contributed by atoms with Gasteiger partial charge in [0.25, 0.3) is 0 Å². The van der Waals surface area contributed by atoms with E-state index in [1.54, 1.807) is 0 Å². The highest BCUT2D eigenvalue weighted by molar-refractivity contribution is 5.76. The van der Waals surface area contributed by atoms with Gasteiger partial charge in [-0.25, -0.2) is 9.97 Å². The Balaban J connectivity index is 1.58. The van der Waals surface area contributed by atoms with E-state index in [1.165, 1.54) is 25.0 Å². The molecule has 25 heavy (non-hydrogen) atoms. The summed E-state index contributed by atoms with van der Waals surface area (Å²) in [4.78, 5) is 26.3. The molecule has 1 saturated carbocycles. The Morgan fingerprint density at radius 2 is 2.08 bits per heavy atom. The van der Waals surface area contributed by atoms with Crippen LogP contribution in [0.25, 0.3) is 0 Å². The summed E-state index contributed by atoms with van der Waals surface area (Å²) in [5.41, 5.74) is 2.33. The molecule has 0 bridgehead atoms. The molecule has 2 aliphatic heterocycles. The zero-order valence-electron chi connectivity index (χ0n) is 15.4. The third-order valence-electron chi connectivity index (χ3n) is 6.40. The summed E-state index contributed by atoms with van der Waals surface area (Å²) in [6.45, 7) is 5.69. The first-order valence-electron chi connectivity index (χ1n) is 9.64. The van der Waals surface area contributed by atoms with Crippen LogP contribution >= 0.6 is 0 Å². The van der Waals surface area contributed by atoms with Crippen molar-refractivity contribution in [2.24, 2.45) is 0 Å². The molecule has 3 heterocycles. The summed E-state index contributed by atoms with van der Waals surface area (Å²) < 4.78 is 0. The van der Waals surface area contributed by atoms with Crippen molar-refractivity contribution >= 4 is 11.9 Å². The third-order valence-corrected chi connectivity index (χ3v) is 6.40. The Hall–Kier alpha value is -1.69. The van der Waals surface area contributed by atoms with Gasteiger partial charge in [-0.3, -0.25) is 9.69 Å². The zero-order chi connectivity index (χ0) is 17.4. The molecular formula is C19H29N5O. The molecule has 4 rings (SSSR count). The van der Waals surface area contributed by atoms with Crippen LogP contribution in [0.15, 0.2) is 6.07 Å². The van der Waals surface area contributed by atoms with E-state index in [1.807, 2.05) is 0 Å². The maximum absolute atomic E-state index is 11.8. The quantitative estimate of drug-likeness (QED) is 0.888. The van der Waals surface area contributed by atoms with E-state index in [2.05, 4.69) is 35.2 Å². The van der Waals surface area contributed by atoms with Crippen molar-refractivity contribution < 1.29 is 4.79 Å². The second kappa shape index (κ2) is 6.56. The van der Waals surface area contributed by atoms with Crippen LogP contribution in [-0.2, 0) is 4.79 Å². The van der Waals surface area contributed by atoms with Crippen molar-refractivity contribution in [2.45, 2.75) is 56.9 Å². The number of anilines is 1. The largest absolute Gasteiger partial charge is 0.356 e. The van der Waals surface area contributed by atoms with E-state index in [9.17, 15) is 4.79 Å². The van der Waals surface area contributed by atoms with Crippen LogP contribution in [0.5, 0.6) is 0 Å². The van der Waals surface area contributed by atoms with Crippen molar-refractivity contribution in [1.82, 2.24) is 20.2 Å². The summed E-state index contributed by atoms with van der Waals surface area (Å²) in [5.74, 6) is 1.70. The van der Waals surface area contributed by atoms with Crippen molar-refractivity contribution in [3.8, 4) is 0 Å². The van der Waals surface area contributed by atoms with E-state index < -0.39 is 0 Å². The molecular weight excluding hydrogens is 314 g/mol. The molecule has 1 aromatic heterocycles. The maximum atomic E-state index is 11.8. The fourth-order valence-corrected chi connectivity index (χ4v) is 4.40. The Labute approximate surface area is 150 Å². The van der Waals surface area contributed by atoms with Gasteiger partial charge in [-0.05, 0) is 45.7 Å². The molecule has 1 amide bonds. The van der Waals surface area contributed by atoms with Crippen LogP contribution in [0.4, 0.5) is 5.95 Å². The smallest absolute Gasteiger partial charge is 0.225 e. The van der Waals surface area contributed by atoms with Gasteiger partial charge < -0.3 is 10.2 Å². The fourth-order valence-electron chi connectivity index (χ4n) is 4.40. The molecule has 3 aliphatic rings. The first kappa shape index (κ1) is 16.8. The summed E-state index contributed by atoms with van der Waals surface area (Å²) in [5, 5.41) is 3.02. The molecule has 136 valence electrons. The second-order valence-corrected chi connectivity index (χ2v) is 8.03. The van der Waals surface area contributed by atoms with E-state index in [-0.39, 0.29) is 11.4 Å². The molecule has 1 aromatic rings. The lowest BCUT2D eigenvalue weighted by Crippen LogP contribution is -2.61. The lowest BCUT2D eigenvalue weighted by molar-refractivity contribution is -0.120. The van der Waals surface area contributed by atoms with Crippen LogP contribution < -0.4 is 10.2 Å². The lowest BCUT2D eigenvalue weighted by atomic mass is 9.82. The first-order chi connectivity index (χ1) is 12.1. The van der Waals surface area contributed by atoms with Crippen LogP contribution in [0.3, 0.4) is 0 Å². The molecule has 0 aromatic carbocycles. The molecule has 2 saturated heterocycles. The molecule has 6 nitrogen and oxygen atoms in total. The Kier molecular flexibility index (Phi) is 4.40. The number of carbonyl (C=O) groups is 1. The summed E-state index contributed by atoms with van der Waals surface area (Å²) >= 11 is 0. The van der Waals surface area contributed by atoms with Gasteiger partial charge in [-0.1, -0.05) is 6.42 Å². The summed E-state index contributed by atoms with van der Waals surface area (Å²) in [6.07, 6.45) is 6.36. The van der Waals surface area contributed by atoms with Gasteiger partial charge in [0.2, 0.25) is 11.9 Å². The molecule has 1 spiro atoms. The Bertz CT molecular complexity index is 659. The molecule has 1 aliphatic carbocycles. The number of nitrogens with zero attached hydrogens (tertiary/aromatic N) is 4. The summed E-state index contributed by atoms with van der Waals surface area (Å²) in [6, 6.07) is 2.16. The second-order valence-electron chi connectivity index (χ2n) is 8.03. The Morgan fingerprint density at radius 3 is 2.84 bits per heavy atom. The van der Waals surface area contributed by atoms with E-state index >= 15 is 0 Å². The normalized spacial score (nSPS) is 28.6. The van der Waals surface area contributed by atoms with Gasteiger partial charge in [0, 0.05) is 55.4 Å². The van der Waals surface area contributed by atoms with Crippen LogP contribution in [0, 0.1) is 6.92 Å². The van der Waals surface area contributed by atoms with E-state index in [4.69, 9.17) is 9.97 Å². The lowest BCUT2D eigenvalue weighted by Gasteiger charge is -2.49. The Morgan fingerprint density at radius 1 is 1.24 bits per heavy atom. The molecule has 6 heteroatoms. The number of hydrogen-bond acceptors (Lipinski definition) is 5. The van der Waals surface area contributed by atoms with Gasteiger partial charge in [-0.2, -0.15) is 0 Å². The molecule has 1 N–H and O–H groups in total. The SMILES string of the molecule is Cc1cc(C2CCC2)nc(N2CCN(C)[C@@]3(CCNC(=O)CC3)C2)n1. The molecule has 0 radical (unpaired) electrons. The number of aromatic nitrogens is 2. The van der Waals surface area contributed by atoms with Gasteiger partial charge in [0.1, 0.15) is 0 Å². The van der Waals surface area contributed by atoms with Crippen molar-refractivity contribution in [3.63, 3.8) is 0 Å². The number of hydrogen-bond donors (Lipinski definition) is 1. The standard InChI is InChI=1S/C19H29N5O/c1-14-12-16(15-4-3-5-15)22-18(21-14)24-11-10-23(2)19(13-24)7-6-17(25)20-9-8-19/h12,15H,3-11,13H2,1-2H3,(H,20,25)/t19-/m0/s1. The predicted molar refractivity (Wildman–Crippen MR) is 97.8 cm³/mol. The fraction of sp³-hybridized carbons (Fsp3) is 0.737. The van der Waals surface area contributed by atoms with Gasteiger partial charge in [0.05, 0.1) is 0 Å². The number of rotatable bonds is 2. The number of nitrogens with one attached hydrogen (secondary N) is 1. The number of piperazine rings is 1. The highest BCUT2D eigenvalue weighted by Crippen LogP contribution is 2.37. The summed E-state index contributed by atoms with van der Waals surface area (Å²) in [7, 11) is 2.20. The van der Waals surface area contributed by atoms with Crippen molar-refractivity contribution in [1.29, 1.82) is 0 Å². The van der Waals surface area contributed by atoms with E-state index in [0.717, 1.165) is 50.7 Å². The minimum Gasteiger partial charge on any atom is -0.356 e. The maximum Gasteiger partial charge on any atom is 0.225 e. The van der Waals surface area contributed by atoms with Crippen molar-refractivity contribution in [2.75, 3.05) is 38.1 Å². The van der Waals surface area contributed by atoms with Gasteiger partial charge >= 0.3 is 0 Å². The van der Waals surface area contributed by atoms with Crippen LogP contribution in [0.2, 0.25) is 0 Å². The first-order valence-corrected chi connectivity index (χ1v) is 9.64. The van der Waals surface area contributed by atoms with Crippen molar-refractivity contribution in [3.05, 3.63) is 17.5 Å². The van der Waals surface area contributed by atoms with Gasteiger partial charge in [0.15, 0.2) is 0 Å². The zero-order valence-corrected chi connectivity index (χ0v) is 15.4. The molecule has 3 fully saturated rings. The van der Waals surface area contributed by atoms with Crippen LogP contribution in [-0.4, -0.2) is 59.5 Å². The van der Waals surface area contributed by atoms with Gasteiger partial charge in [-0.15, -0.1) is 0 Å². The average Bonchev–Trinajstić information content (AvgIpc) is 2.71. The van der Waals surface area contributed by atoms with Crippen LogP contribution in [0.1, 0.15) is 55.8 Å². The minimum absolute atomic E-state index is 0.0428. The number of amides is 1. The number of carbonyl (C=O) groups excluding carboxylic acids is 1. The molecule has 0 unspecified atom stereocenters. The molecule has 1 atom stereocenters. The predicted octanol–water partition coefficient (Wildman–Crippen LogP) is 1.84. The number of aryl methyl sites for hydroxylation is 1. The minimum atomic E-state index is 0.0428. The highest BCUT2D eigenvalue weighted by Gasteiger charge is 2.41. The third kappa shape index (κ3) is 3.24.